The summed E-state index contributed by atoms with van der Waals surface area (Å²) in [5.41, 5.74) is -0.990. The molecule has 0 aromatic carbocycles. The zero-order valence-electron chi connectivity index (χ0n) is 10.1. The molecule has 1 saturated carbocycles. The lowest BCUT2D eigenvalue weighted by molar-refractivity contribution is -0.152. The molecule has 2 saturated heterocycles. The van der Waals surface area contributed by atoms with Gasteiger partial charge in [0.05, 0.1) is 12.6 Å². The molecule has 3 rings (SSSR count). The minimum Gasteiger partial charge on any atom is -0.379 e. The van der Waals surface area contributed by atoms with Crippen molar-refractivity contribution in [2.75, 3.05) is 13.2 Å². The first-order valence-corrected chi connectivity index (χ1v) is 6.42. The van der Waals surface area contributed by atoms with Crippen molar-refractivity contribution in [3.63, 3.8) is 0 Å². The van der Waals surface area contributed by atoms with Gasteiger partial charge in [0.1, 0.15) is 5.41 Å². The second-order valence-corrected chi connectivity index (χ2v) is 5.24. The van der Waals surface area contributed by atoms with Gasteiger partial charge in [0, 0.05) is 6.61 Å². The molecule has 6 nitrogen and oxygen atoms in total. The number of imide groups is 2. The number of barbiturate groups is 1. The van der Waals surface area contributed by atoms with Crippen molar-refractivity contribution in [3.05, 3.63) is 0 Å². The summed E-state index contributed by atoms with van der Waals surface area (Å²) in [6.45, 7) is 0.937. The number of hydrogen-bond acceptors (Lipinski definition) is 4. The summed E-state index contributed by atoms with van der Waals surface area (Å²) in [4.78, 5) is 37.6. The van der Waals surface area contributed by atoms with Crippen molar-refractivity contribution >= 4 is 17.8 Å². The van der Waals surface area contributed by atoms with Crippen molar-refractivity contribution in [3.8, 4) is 0 Å². The molecule has 3 fully saturated rings. The fourth-order valence-electron chi connectivity index (χ4n) is 3.17. The van der Waals surface area contributed by atoms with Crippen LogP contribution in [-0.2, 0) is 14.3 Å². The van der Waals surface area contributed by atoms with E-state index in [1.807, 2.05) is 0 Å². The summed E-state index contributed by atoms with van der Waals surface area (Å²) in [7, 11) is 0. The van der Waals surface area contributed by atoms with E-state index in [1.54, 1.807) is 0 Å². The Labute approximate surface area is 105 Å². The Bertz CT molecular complexity index is 408. The van der Waals surface area contributed by atoms with Crippen LogP contribution in [0.5, 0.6) is 0 Å². The number of nitrogens with one attached hydrogen (secondary N) is 1. The number of nitrogens with zero attached hydrogens (tertiary/aromatic N) is 1. The smallest absolute Gasteiger partial charge is 0.331 e. The molecular formula is C12H16N2O4. The lowest BCUT2D eigenvalue weighted by atomic mass is 9.81. The molecule has 4 amide bonds. The number of carbonyl (C=O) groups excluding carboxylic acids is 3. The topological polar surface area (TPSA) is 75.7 Å². The first-order valence-electron chi connectivity index (χ1n) is 6.42. The van der Waals surface area contributed by atoms with Gasteiger partial charge in [0.2, 0.25) is 11.8 Å². The molecule has 98 valence electrons. The van der Waals surface area contributed by atoms with Crippen LogP contribution in [0.25, 0.3) is 0 Å². The van der Waals surface area contributed by atoms with E-state index >= 15 is 0 Å². The molecule has 18 heavy (non-hydrogen) atoms. The molecule has 1 spiro atoms. The van der Waals surface area contributed by atoms with E-state index in [-0.39, 0.29) is 11.9 Å². The molecule has 0 aromatic rings. The van der Waals surface area contributed by atoms with Gasteiger partial charge in [-0.25, -0.2) is 4.79 Å². The SMILES string of the molecule is O=C1NC(=O)C2(CCCC2)C(=O)N1C1CCOC1. The van der Waals surface area contributed by atoms with E-state index in [1.165, 1.54) is 4.90 Å². The summed E-state index contributed by atoms with van der Waals surface area (Å²) in [5, 5.41) is 2.34. The maximum absolute atomic E-state index is 12.5. The first-order chi connectivity index (χ1) is 8.65. The fourth-order valence-corrected chi connectivity index (χ4v) is 3.17. The molecule has 6 heteroatoms. The van der Waals surface area contributed by atoms with Crippen molar-refractivity contribution < 1.29 is 19.1 Å². The second-order valence-electron chi connectivity index (χ2n) is 5.24. The maximum atomic E-state index is 12.5. The van der Waals surface area contributed by atoms with E-state index in [4.69, 9.17) is 4.74 Å². The summed E-state index contributed by atoms with van der Waals surface area (Å²) >= 11 is 0. The molecule has 0 radical (unpaired) electrons. The molecule has 2 heterocycles. The summed E-state index contributed by atoms with van der Waals surface area (Å²) < 4.78 is 5.23. The molecule has 3 aliphatic rings. The van der Waals surface area contributed by atoms with Crippen molar-refractivity contribution in [2.45, 2.75) is 38.1 Å². The van der Waals surface area contributed by atoms with E-state index < -0.39 is 17.4 Å². The first kappa shape index (κ1) is 11.6. The van der Waals surface area contributed by atoms with Crippen LogP contribution < -0.4 is 5.32 Å². The number of rotatable bonds is 1. The van der Waals surface area contributed by atoms with Gasteiger partial charge >= 0.3 is 6.03 Å². The summed E-state index contributed by atoms with van der Waals surface area (Å²) in [5.74, 6) is -0.727. The highest BCUT2D eigenvalue weighted by molar-refractivity contribution is 6.19. The van der Waals surface area contributed by atoms with Crippen molar-refractivity contribution in [2.24, 2.45) is 5.41 Å². The van der Waals surface area contributed by atoms with Crippen LogP contribution in [0.4, 0.5) is 4.79 Å². The molecule has 0 aromatic heterocycles. The molecule has 1 unspecified atom stereocenters. The molecule has 0 bridgehead atoms. The number of urea groups is 1. The predicted molar refractivity (Wildman–Crippen MR) is 60.5 cm³/mol. The standard InChI is InChI=1S/C12H16N2O4/c15-9-12(4-1-2-5-12)10(16)14(11(17)13-9)8-3-6-18-7-8/h8H,1-7H2,(H,13,15,17). The molecule has 1 atom stereocenters. The molecule has 2 aliphatic heterocycles. The van der Waals surface area contributed by atoms with Crippen LogP contribution in [0.3, 0.4) is 0 Å². The van der Waals surface area contributed by atoms with Gasteiger partial charge < -0.3 is 4.74 Å². The third kappa shape index (κ3) is 1.48. The lowest BCUT2D eigenvalue weighted by Gasteiger charge is -2.39. The van der Waals surface area contributed by atoms with E-state index in [2.05, 4.69) is 5.32 Å². The van der Waals surface area contributed by atoms with Gasteiger partial charge in [-0.05, 0) is 19.3 Å². The highest BCUT2D eigenvalue weighted by Crippen LogP contribution is 2.42. The van der Waals surface area contributed by atoms with E-state index in [9.17, 15) is 14.4 Å². The van der Waals surface area contributed by atoms with E-state index in [0.29, 0.717) is 32.5 Å². The molecule has 1 N–H and O–H groups in total. The monoisotopic (exact) mass is 252 g/mol. The highest BCUT2D eigenvalue weighted by Gasteiger charge is 2.56. The second kappa shape index (κ2) is 4.05. The Morgan fingerprint density at radius 1 is 1.22 bits per heavy atom. The maximum Gasteiger partial charge on any atom is 0.331 e. The molecular weight excluding hydrogens is 236 g/mol. The van der Waals surface area contributed by atoms with Crippen LogP contribution in [0.1, 0.15) is 32.1 Å². The fraction of sp³-hybridized carbons (Fsp3) is 0.750. The minimum atomic E-state index is -0.990. The zero-order valence-corrected chi connectivity index (χ0v) is 10.1. The van der Waals surface area contributed by atoms with Crippen LogP contribution in [-0.4, -0.2) is 42.0 Å². The number of carbonyl (C=O) groups is 3. The van der Waals surface area contributed by atoms with E-state index in [0.717, 1.165) is 12.8 Å². The summed E-state index contributed by atoms with van der Waals surface area (Å²) in [6, 6.07) is -0.805. The van der Waals surface area contributed by atoms with Gasteiger partial charge in [-0.3, -0.25) is 19.8 Å². The zero-order chi connectivity index (χ0) is 12.8. The highest BCUT2D eigenvalue weighted by atomic mass is 16.5. The Kier molecular flexibility index (Phi) is 2.62. The average Bonchev–Trinajstić information content (AvgIpc) is 2.99. The third-order valence-corrected chi connectivity index (χ3v) is 4.23. The van der Waals surface area contributed by atoms with Gasteiger partial charge in [-0.1, -0.05) is 12.8 Å². The Hall–Kier alpha value is -1.43. The summed E-state index contributed by atoms with van der Waals surface area (Å²) in [6.07, 6.45) is 3.48. The predicted octanol–water partition coefficient (Wildman–Crippen LogP) is 0.414. The van der Waals surface area contributed by atoms with Gasteiger partial charge in [0.25, 0.3) is 0 Å². The Morgan fingerprint density at radius 3 is 2.56 bits per heavy atom. The normalized spacial score (nSPS) is 31.2. The Morgan fingerprint density at radius 2 is 1.94 bits per heavy atom. The quantitative estimate of drug-likeness (QED) is 0.686. The number of amides is 4. The van der Waals surface area contributed by atoms with Crippen LogP contribution in [0.2, 0.25) is 0 Å². The van der Waals surface area contributed by atoms with Gasteiger partial charge in [-0.15, -0.1) is 0 Å². The van der Waals surface area contributed by atoms with Crippen molar-refractivity contribution in [1.29, 1.82) is 0 Å². The number of hydrogen-bond donors (Lipinski definition) is 1. The van der Waals surface area contributed by atoms with Crippen molar-refractivity contribution in [1.82, 2.24) is 10.2 Å². The Balaban J connectivity index is 1.92. The third-order valence-electron chi connectivity index (χ3n) is 4.23. The van der Waals surface area contributed by atoms with Crippen LogP contribution in [0.15, 0.2) is 0 Å². The molecule has 1 aliphatic carbocycles. The average molecular weight is 252 g/mol. The lowest BCUT2D eigenvalue weighted by Crippen LogP contribution is -2.65. The van der Waals surface area contributed by atoms with Gasteiger partial charge in [0.15, 0.2) is 0 Å². The van der Waals surface area contributed by atoms with Gasteiger partial charge in [-0.2, -0.15) is 0 Å². The van der Waals surface area contributed by atoms with Crippen LogP contribution in [0, 0.1) is 5.41 Å². The largest absolute Gasteiger partial charge is 0.379 e. The minimum absolute atomic E-state index is 0.219. The van der Waals surface area contributed by atoms with Crippen LogP contribution >= 0.6 is 0 Å². The number of ether oxygens (including phenoxy) is 1.